The van der Waals surface area contributed by atoms with Crippen LogP contribution in [-0.2, 0) is 6.54 Å². The van der Waals surface area contributed by atoms with E-state index >= 15 is 0 Å². The molecule has 0 aliphatic rings. The number of rotatable bonds is 7. The summed E-state index contributed by atoms with van der Waals surface area (Å²) in [7, 11) is 0. The van der Waals surface area contributed by atoms with Gasteiger partial charge in [-0.1, -0.05) is 36.4 Å². The summed E-state index contributed by atoms with van der Waals surface area (Å²) >= 11 is 0. The molecule has 3 N–H and O–H groups in total. The highest BCUT2D eigenvalue weighted by atomic mass is 19.2. The normalized spacial score (nSPS) is 11.9. The van der Waals surface area contributed by atoms with E-state index in [4.69, 9.17) is 0 Å². The van der Waals surface area contributed by atoms with Gasteiger partial charge in [0.1, 0.15) is 5.82 Å². The molecule has 0 saturated carbocycles. The number of carbonyl (C=O) groups excluding carboxylic acids is 1. The van der Waals surface area contributed by atoms with Crippen LogP contribution in [0.4, 0.5) is 14.6 Å². The van der Waals surface area contributed by atoms with Gasteiger partial charge in [-0.15, -0.1) is 0 Å². The molecule has 2 aromatic carbocycles. The van der Waals surface area contributed by atoms with E-state index in [9.17, 15) is 13.6 Å². The van der Waals surface area contributed by atoms with Crippen LogP contribution in [0.15, 0.2) is 79.3 Å². The molecule has 0 spiro atoms. The summed E-state index contributed by atoms with van der Waals surface area (Å²) in [6.45, 7) is 2.03. The molecule has 7 nitrogen and oxygen atoms in total. The highest BCUT2D eigenvalue weighted by molar-refractivity contribution is 5.98. The zero-order valence-electron chi connectivity index (χ0n) is 19.3. The molecule has 5 rings (SSSR count). The van der Waals surface area contributed by atoms with Crippen LogP contribution < -0.4 is 10.6 Å². The summed E-state index contributed by atoms with van der Waals surface area (Å²) < 4.78 is 27.7. The van der Waals surface area contributed by atoms with Gasteiger partial charge in [0.15, 0.2) is 17.3 Å². The maximum absolute atomic E-state index is 14.1. The van der Waals surface area contributed by atoms with Gasteiger partial charge in [-0.25, -0.2) is 18.7 Å². The number of pyridine rings is 2. The van der Waals surface area contributed by atoms with Gasteiger partial charge in [-0.05, 0) is 42.3 Å². The number of fused-ring (bicyclic) bond motifs is 1. The number of hydrogen-bond donors (Lipinski definition) is 3. The molecule has 3 aromatic heterocycles. The van der Waals surface area contributed by atoms with Gasteiger partial charge in [0, 0.05) is 35.5 Å². The lowest BCUT2D eigenvalue weighted by atomic mass is 10.0. The summed E-state index contributed by atoms with van der Waals surface area (Å²) in [4.78, 5) is 21.6. The highest BCUT2D eigenvalue weighted by Crippen LogP contribution is 2.23. The summed E-state index contributed by atoms with van der Waals surface area (Å²) in [5.41, 5.74) is 4.11. The van der Waals surface area contributed by atoms with Crippen LogP contribution in [0, 0.1) is 11.6 Å². The second kappa shape index (κ2) is 9.91. The van der Waals surface area contributed by atoms with E-state index in [0.29, 0.717) is 17.9 Å². The molecule has 0 radical (unpaired) electrons. The first-order valence-electron chi connectivity index (χ1n) is 11.3. The Bertz CT molecular complexity index is 1530. The number of aromatic amines is 1. The first-order chi connectivity index (χ1) is 17.5. The van der Waals surface area contributed by atoms with E-state index in [-0.39, 0.29) is 5.56 Å². The van der Waals surface area contributed by atoms with E-state index in [0.717, 1.165) is 33.8 Å². The number of carbonyl (C=O) groups is 1. The largest absolute Gasteiger partial charge is 0.365 e. The Morgan fingerprint density at radius 2 is 1.83 bits per heavy atom. The van der Waals surface area contributed by atoms with Gasteiger partial charge in [-0.3, -0.25) is 9.89 Å². The number of hydrogen-bond acceptors (Lipinski definition) is 5. The molecular formula is C27H22F2N6O. The van der Waals surface area contributed by atoms with Crippen molar-refractivity contribution in [2.75, 3.05) is 5.32 Å². The van der Waals surface area contributed by atoms with Crippen LogP contribution in [0.1, 0.15) is 34.5 Å². The first-order valence-corrected chi connectivity index (χ1v) is 11.3. The lowest BCUT2D eigenvalue weighted by molar-refractivity contribution is 0.0939. The van der Waals surface area contributed by atoms with E-state index in [2.05, 4.69) is 30.8 Å². The molecule has 3 heterocycles. The number of nitrogens with zero attached hydrogens (tertiary/aromatic N) is 3. The molecule has 0 fully saturated rings. The number of amides is 1. The predicted molar refractivity (Wildman–Crippen MR) is 133 cm³/mol. The van der Waals surface area contributed by atoms with Gasteiger partial charge in [0.25, 0.3) is 5.91 Å². The Labute approximate surface area is 205 Å². The average Bonchev–Trinajstić information content (AvgIpc) is 3.37. The minimum Gasteiger partial charge on any atom is -0.365 e. The van der Waals surface area contributed by atoms with Gasteiger partial charge in [-0.2, -0.15) is 5.10 Å². The van der Waals surface area contributed by atoms with Gasteiger partial charge < -0.3 is 10.6 Å². The van der Waals surface area contributed by atoms with Crippen molar-refractivity contribution in [2.24, 2.45) is 0 Å². The molecule has 1 amide bonds. The summed E-state index contributed by atoms with van der Waals surface area (Å²) in [6.07, 6.45) is 5.11. The fourth-order valence-electron chi connectivity index (χ4n) is 3.93. The van der Waals surface area contributed by atoms with Crippen molar-refractivity contribution in [1.29, 1.82) is 0 Å². The topological polar surface area (TPSA) is 95.6 Å². The number of benzene rings is 2. The molecule has 0 saturated heterocycles. The highest BCUT2D eigenvalue weighted by Gasteiger charge is 2.19. The maximum atomic E-state index is 14.1. The van der Waals surface area contributed by atoms with Gasteiger partial charge >= 0.3 is 0 Å². The zero-order valence-corrected chi connectivity index (χ0v) is 19.3. The second-order valence-corrected chi connectivity index (χ2v) is 8.32. The number of nitrogens with one attached hydrogen (secondary N) is 3. The fraction of sp³-hybridized carbons (Fsp3) is 0.111. The molecule has 180 valence electrons. The minimum absolute atomic E-state index is 0.0731. The lowest BCUT2D eigenvalue weighted by Crippen LogP contribution is -2.28. The van der Waals surface area contributed by atoms with Crippen molar-refractivity contribution in [3.05, 3.63) is 108 Å². The number of aromatic nitrogens is 4. The van der Waals surface area contributed by atoms with Crippen molar-refractivity contribution in [2.45, 2.75) is 19.5 Å². The van der Waals surface area contributed by atoms with E-state index < -0.39 is 23.6 Å². The van der Waals surface area contributed by atoms with Crippen molar-refractivity contribution in [3.63, 3.8) is 0 Å². The van der Waals surface area contributed by atoms with E-state index in [1.165, 1.54) is 12.1 Å². The molecular weight excluding hydrogens is 462 g/mol. The number of H-pyrrole nitrogens is 1. The third-order valence-electron chi connectivity index (χ3n) is 5.89. The van der Waals surface area contributed by atoms with Crippen molar-refractivity contribution < 1.29 is 13.6 Å². The Morgan fingerprint density at radius 1 is 1.00 bits per heavy atom. The molecule has 0 aliphatic carbocycles. The summed E-state index contributed by atoms with van der Waals surface area (Å²) in [6, 6.07) is 16.4. The molecule has 0 bridgehead atoms. The predicted octanol–water partition coefficient (Wildman–Crippen LogP) is 5.40. The van der Waals surface area contributed by atoms with Gasteiger partial charge in [0.2, 0.25) is 0 Å². The van der Waals surface area contributed by atoms with E-state index in [1.807, 2.05) is 30.3 Å². The van der Waals surface area contributed by atoms with Crippen molar-refractivity contribution >= 4 is 22.8 Å². The van der Waals surface area contributed by atoms with Crippen LogP contribution in [0.3, 0.4) is 0 Å². The zero-order chi connectivity index (χ0) is 25.1. The van der Waals surface area contributed by atoms with Crippen LogP contribution in [0.5, 0.6) is 0 Å². The van der Waals surface area contributed by atoms with Crippen LogP contribution >= 0.6 is 0 Å². The second-order valence-electron chi connectivity index (χ2n) is 8.32. The first kappa shape index (κ1) is 23.1. The Morgan fingerprint density at radius 3 is 2.67 bits per heavy atom. The van der Waals surface area contributed by atoms with Gasteiger partial charge in [0.05, 0.1) is 17.8 Å². The third kappa shape index (κ3) is 4.76. The number of anilines is 1. The monoisotopic (exact) mass is 484 g/mol. The quantitative estimate of drug-likeness (QED) is 0.287. The smallest absolute Gasteiger partial charge is 0.255 e. The number of halogens is 2. The molecule has 5 aromatic rings. The molecule has 1 atom stereocenters. The molecule has 9 heteroatoms. The SMILES string of the molecule is C[C@H](NC(=O)c1cccnc1NCc1ccc(-c2cnc3[nH]ncc3c2)cc1)c1cccc(F)c1F. The Kier molecular flexibility index (Phi) is 6.36. The molecule has 36 heavy (non-hydrogen) atoms. The van der Waals surface area contributed by atoms with Crippen molar-refractivity contribution in [1.82, 2.24) is 25.5 Å². The Hall–Kier alpha value is -4.66. The lowest BCUT2D eigenvalue weighted by Gasteiger charge is -2.17. The van der Waals surface area contributed by atoms with Crippen LogP contribution in [-0.4, -0.2) is 26.1 Å². The van der Waals surface area contributed by atoms with Crippen molar-refractivity contribution in [3.8, 4) is 11.1 Å². The van der Waals surface area contributed by atoms with Crippen LogP contribution in [0.25, 0.3) is 22.2 Å². The maximum Gasteiger partial charge on any atom is 0.255 e. The fourth-order valence-corrected chi connectivity index (χ4v) is 3.93. The molecule has 0 unspecified atom stereocenters. The minimum atomic E-state index is -0.973. The summed E-state index contributed by atoms with van der Waals surface area (Å²) in [5.74, 6) is -1.99. The standard InChI is InChI=1S/C27H22F2N6O/c1-16(21-4-2-6-23(28)24(21)29)34-27(36)22-5-3-11-30-26(22)31-13-17-7-9-18(10-8-17)19-12-20-15-33-35-25(20)32-14-19/h2-12,14-16H,13H2,1H3,(H,30,31)(H,34,36)(H,32,33,35)/t16-/m0/s1. The third-order valence-corrected chi connectivity index (χ3v) is 5.89. The molecule has 0 aliphatic heterocycles. The van der Waals surface area contributed by atoms with Crippen LogP contribution in [0.2, 0.25) is 0 Å². The average molecular weight is 485 g/mol. The van der Waals surface area contributed by atoms with E-state index in [1.54, 1.807) is 37.6 Å². The summed E-state index contributed by atoms with van der Waals surface area (Å²) in [5, 5.41) is 13.7. The Balaban J connectivity index is 1.26.